The van der Waals surface area contributed by atoms with Gasteiger partial charge in [0.2, 0.25) is 0 Å². The van der Waals surface area contributed by atoms with Gasteiger partial charge in [0.15, 0.2) is 0 Å². The number of esters is 1. The topological polar surface area (TPSA) is 42.0 Å². The van der Waals surface area contributed by atoms with Crippen LogP contribution >= 0.6 is 11.6 Å². The van der Waals surface area contributed by atoms with E-state index >= 15 is 0 Å². The summed E-state index contributed by atoms with van der Waals surface area (Å²) in [5.74, 6) is -0.354. The Morgan fingerprint density at radius 2 is 1.67 bits per heavy atom. The van der Waals surface area contributed by atoms with E-state index in [1.54, 1.807) is 0 Å². The Morgan fingerprint density at radius 1 is 1.00 bits per heavy atom. The van der Waals surface area contributed by atoms with E-state index in [-0.39, 0.29) is 18.6 Å². The van der Waals surface area contributed by atoms with Gasteiger partial charge in [-0.25, -0.2) is 4.79 Å². The molecule has 1 heterocycles. The van der Waals surface area contributed by atoms with Crippen molar-refractivity contribution in [1.29, 1.82) is 0 Å². The number of carbonyl (C=O) groups excluding carboxylic acids is 1. The van der Waals surface area contributed by atoms with Crippen LogP contribution in [0.15, 0.2) is 66.7 Å². The van der Waals surface area contributed by atoms with Gasteiger partial charge in [0.05, 0.1) is 19.8 Å². The Balaban J connectivity index is 1.53. The maximum atomic E-state index is 11.0. The predicted octanol–water partition coefficient (Wildman–Crippen LogP) is 3.79. The average molecular weight is 429 g/mol. The van der Waals surface area contributed by atoms with Gasteiger partial charge in [0, 0.05) is 37.7 Å². The monoisotopic (exact) mass is 428 g/mol. The second-order valence-corrected chi connectivity index (χ2v) is 7.70. The summed E-state index contributed by atoms with van der Waals surface area (Å²) in [5, 5.41) is 0.762. The van der Waals surface area contributed by atoms with Crippen molar-refractivity contribution in [1.82, 2.24) is 9.80 Å². The second-order valence-electron chi connectivity index (χ2n) is 7.26. The molecule has 0 radical (unpaired) electrons. The number of hydrogen-bond acceptors (Lipinski definition) is 5. The molecule has 0 N–H and O–H groups in total. The van der Waals surface area contributed by atoms with E-state index in [1.807, 2.05) is 18.2 Å². The van der Waals surface area contributed by atoms with Crippen LogP contribution in [-0.2, 0) is 14.3 Å². The first-order valence-corrected chi connectivity index (χ1v) is 10.6. The molecule has 1 saturated heterocycles. The molecular formula is C24H29ClN2O3. The van der Waals surface area contributed by atoms with E-state index in [2.05, 4.69) is 63.1 Å². The number of piperazine rings is 1. The SMILES string of the molecule is COC(=O)COC/C=C\CN1CCN(C(c2ccccc2)c2ccc(Cl)cc2)CC1. The molecule has 30 heavy (non-hydrogen) atoms. The molecule has 1 aliphatic rings. The summed E-state index contributed by atoms with van der Waals surface area (Å²) in [4.78, 5) is 16.0. The van der Waals surface area contributed by atoms with E-state index in [4.69, 9.17) is 16.3 Å². The van der Waals surface area contributed by atoms with Crippen LogP contribution in [0.1, 0.15) is 17.2 Å². The lowest BCUT2D eigenvalue weighted by atomic mass is 9.96. The maximum Gasteiger partial charge on any atom is 0.331 e. The highest BCUT2D eigenvalue weighted by Crippen LogP contribution is 2.30. The van der Waals surface area contributed by atoms with Gasteiger partial charge in [0.25, 0.3) is 0 Å². The second kappa shape index (κ2) is 11.9. The summed E-state index contributed by atoms with van der Waals surface area (Å²) in [6.07, 6.45) is 4.05. The smallest absolute Gasteiger partial charge is 0.331 e. The van der Waals surface area contributed by atoms with Gasteiger partial charge in [-0.2, -0.15) is 0 Å². The third kappa shape index (κ3) is 6.67. The Morgan fingerprint density at radius 3 is 2.33 bits per heavy atom. The largest absolute Gasteiger partial charge is 0.467 e. The zero-order valence-corrected chi connectivity index (χ0v) is 18.1. The van der Waals surface area contributed by atoms with Crippen molar-refractivity contribution in [3.8, 4) is 0 Å². The molecule has 1 unspecified atom stereocenters. The number of nitrogens with zero attached hydrogens (tertiary/aromatic N) is 2. The van der Waals surface area contributed by atoms with Crippen molar-refractivity contribution in [3.63, 3.8) is 0 Å². The lowest BCUT2D eigenvalue weighted by Crippen LogP contribution is -2.47. The number of carbonyl (C=O) groups is 1. The molecule has 2 aromatic rings. The Kier molecular flexibility index (Phi) is 8.90. The van der Waals surface area contributed by atoms with E-state index < -0.39 is 0 Å². The van der Waals surface area contributed by atoms with Crippen molar-refractivity contribution in [2.24, 2.45) is 0 Å². The lowest BCUT2D eigenvalue weighted by molar-refractivity contribution is -0.145. The van der Waals surface area contributed by atoms with Crippen LogP contribution in [0.3, 0.4) is 0 Å². The molecule has 5 nitrogen and oxygen atoms in total. The lowest BCUT2D eigenvalue weighted by Gasteiger charge is -2.39. The highest BCUT2D eigenvalue weighted by atomic mass is 35.5. The summed E-state index contributed by atoms with van der Waals surface area (Å²) in [6, 6.07) is 19.1. The molecular weight excluding hydrogens is 400 g/mol. The molecule has 0 amide bonds. The number of methoxy groups -OCH3 is 1. The van der Waals surface area contributed by atoms with E-state index in [9.17, 15) is 4.79 Å². The molecule has 0 aliphatic carbocycles. The minimum atomic E-state index is -0.354. The summed E-state index contributed by atoms with van der Waals surface area (Å²) < 4.78 is 9.78. The molecule has 6 heteroatoms. The van der Waals surface area contributed by atoms with Gasteiger partial charge in [-0.15, -0.1) is 0 Å². The van der Waals surface area contributed by atoms with Gasteiger partial charge in [0.1, 0.15) is 6.61 Å². The molecule has 0 spiro atoms. The number of benzene rings is 2. The third-order valence-corrected chi connectivity index (χ3v) is 5.52. The summed E-state index contributed by atoms with van der Waals surface area (Å²) >= 11 is 6.11. The highest BCUT2D eigenvalue weighted by molar-refractivity contribution is 6.30. The van der Waals surface area contributed by atoms with E-state index in [0.29, 0.717) is 6.61 Å². The average Bonchev–Trinajstić information content (AvgIpc) is 2.79. The maximum absolute atomic E-state index is 11.0. The van der Waals surface area contributed by atoms with Crippen molar-refractivity contribution in [2.45, 2.75) is 6.04 Å². The zero-order valence-electron chi connectivity index (χ0n) is 17.4. The quantitative estimate of drug-likeness (QED) is 0.345. The fourth-order valence-electron chi connectivity index (χ4n) is 3.66. The fraction of sp³-hybridized carbons (Fsp3) is 0.375. The van der Waals surface area contributed by atoms with Crippen molar-refractivity contribution < 1.29 is 14.3 Å². The van der Waals surface area contributed by atoms with Gasteiger partial charge in [-0.3, -0.25) is 9.80 Å². The van der Waals surface area contributed by atoms with Crippen LogP contribution in [0.4, 0.5) is 0 Å². The van der Waals surface area contributed by atoms with Crippen LogP contribution in [0, 0.1) is 0 Å². The molecule has 0 saturated carbocycles. The first kappa shape index (κ1) is 22.5. The van der Waals surface area contributed by atoms with E-state index in [0.717, 1.165) is 37.7 Å². The van der Waals surface area contributed by atoms with Crippen LogP contribution < -0.4 is 0 Å². The standard InChI is InChI=1S/C24H29ClN2O3/c1-29-23(28)19-30-18-6-5-13-26-14-16-27(17-15-26)24(20-7-3-2-4-8-20)21-9-11-22(25)12-10-21/h2-12,24H,13-19H2,1H3/b6-5-. The number of rotatable bonds is 9. The predicted molar refractivity (Wildman–Crippen MR) is 120 cm³/mol. The van der Waals surface area contributed by atoms with Gasteiger partial charge in [-0.1, -0.05) is 66.2 Å². The fourth-order valence-corrected chi connectivity index (χ4v) is 3.79. The minimum absolute atomic E-state index is 0.00884. The van der Waals surface area contributed by atoms with Crippen LogP contribution in [-0.4, -0.2) is 68.8 Å². The normalized spacial score (nSPS) is 16.6. The summed E-state index contributed by atoms with van der Waals surface area (Å²) in [6.45, 7) is 5.29. The Labute approximate surface area is 183 Å². The first-order chi connectivity index (χ1) is 14.7. The van der Waals surface area contributed by atoms with Crippen LogP contribution in [0.5, 0.6) is 0 Å². The number of hydrogen-bond donors (Lipinski definition) is 0. The first-order valence-electron chi connectivity index (χ1n) is 10.2. The van der Waals surface area contributed by atoms with Crippen LogP contribution in [0.2, 0.25) is 5.02 Å². The zero-order chi connectivity index (χ0) is 21.2. The summed E-state index contributed by atoms with van der Waals surface area (Å²) in [5.41, 5.74) is 2.57. The molecule has 0 aromatic heterocycles. The van der Waals surface area contributed by atoms with Crippen molar-refractivity contribution in [2.75, 3.05) is 53.0 Å². The summed E-state index contributed by atoms with van der Waals surface area (Å²) in [7, 11) is 1.36. The number of ether oxygens (including phenoxy) is 2. The third-order valence-electron chi connectivity index (χ3n) is 5.27. The van der Waals surface area contributed by atoms with Gasteiger partial charge in [-0.05, 0) is 23.3 Å². The molecule has 2 aromatic carbocycles. The Hall–Kier alpha value is -2.18. The van der Waals surface area contributed by atoms with Gasteiger partial charge < -0.3 is 9.47 Å². The van der Waals surface area contributed by atoms with E-state index in [1.165, 1.54) is 18.2 Å². The van der Waals surface area contributed by atoms with Crippen molar-refractivity contribution >= 4 is 17.6 Å². The van der Waals surface area contributed by atoms with Crippen molar-refractivity contribution in [3.05, 3.63) is 82.9 Å². The van der Waals surface area contributed by atoms with Crippen LogP contribution in [0.25, 0.3) is 0 Å². The minimum Gasteiger partial charge on any atom is -0.467 e. The molecule has 0 bridgehead atoms. The molecule has 1 aliphatic heterocycles. The highest BCUT2D eigenvalue weighted by Gasteiger charge is 2.25. The number of halogens is 1. The Bertz CT molecular complexity index is 803. The van der Waals surface area contributed by atoms with Gasteiger partial charge >= 0.3 is 5.97 Å². The molecule has 3 rings (SSSR count). The molecule has 1 fully saturated rings. The molecule has 1 atom stereocenters. The molecule has 160 valence electrons.